The second-order valence-corrected chi connectivity index (χ2v) is 7.58. The maximum Gasteiger partial charge on any atom is 0.260 e. The normalized spacial score (nSPS) is 22.5. The predicted octanol–water partition coefficient (Wildman–Crippen LogP) is 4.77. The lowest BCUT2D eigenvalue weighted by Gasteiger charge is -2.41. The van der Waals surface area contributed by atoms with Gasteiger partial charge in [-0.15, -0.1) is 0 Å². The van der Waals surface area contributed by atoms with E-state index in [1.54, 1.807) is 0 Å². The molecule has 1 heterocycles. The van der Waals surface area contributed by atoms with E-state index in [-0.39, 0.29) is 12.5 Å². The molecule has 1 amide bonds. The number of para-hydroxylation sites is 1. The fourth-order valence-corrected chi connectivity index (χ4v) is 4.51. The summed E-state index contributed by atoms with van der Waals surface area (Å²) >= 11 is 0. The molecular weight excluding hydrogens is 322 g/mol. The van der Waals surface area contributed by atoms with Crippen LogP contribution in [0, 0.1) is 11.8 Å². The Morgan fingerprint density at radius 1 is 0.923 bits per heavy atom. The molecule has 26 heavy (non-hydrogen) atoms. The van der Waals surface area contributed by atoms with Gasteiger partial charge in [0.2, 0.25) is 0 Å². The minimum atomic E-state index is 0.122. The summed E-state index contributed by atoms with van der Waals surface area (Å²) in [5, 5.41) is 0. The summed E-state index contributed by atoms with van der Waals surface area (Å²) in [4.78, 5) is 14.7. The van der Waals surface area contributed by atoms with Gasteiger partial charge in [-0.25, -0.2) is 0 Å². The first-order chi connectivity index (χ1) is 12.8. The molecule has 0 bridgehead atoms. The summed E-state index contributed by atoms with van der Waals surface area (Å²) in [6.07, 6.45) is 6.50. The highest BCUT2D eigenvalue weighted by Crippen LogP contribution is 2.36. The van der Waals surface area contributed by atoms with Crippen molar-refractivity contribution < 1.29 is 9.53 Å². The molecule has 1 aliphatic heterocycles. The average Bonchev–Trinajstić information content (AvgIpc) is 2.72. The van der Waals surface area contributed by atoms with Gasteiger partial charge < -0.3 is 9.64 Å². The molecule has 0 radical (unpaired) electrons. The van der Waals surface area contributed by atoms with E-state index in [0.29, 0.717) is 5.92 Å². The van der Waals surface area contributed by atoms with E-state index in [4.69, 9.17) is 4.74 Å². The lowest BCUT2D eigenvalue weighted by atomic mass is 9.75. The average molecular weight is 349 g/mol. The number of fused-ring (bicyclic) bond motifs is 1. The van der Waals surface area contributed by atoms with Crippen molar-refractivity contribution in [2.24, 2.45) is 11.8 Å². The van der Waals surface area contributed by atoms with Crippen molar-refractivity contribution in [3.05, 3.63) is 54.6 Å². The monoisotopic (exact) mass is 349 g/mol. The fourth-order valence-electron chi connectivity index (χ4n) is 4.51. The summed E-state index contributed by atoms with van der Waals surface area (Å²) in [5.74, 6) is 2.45. The van der Waals surface area contributed by atoms with E-state index < -0.39 is 0 Å². The summed E-state index contributed by atoms with van der Waals surface area (Å²) in [7, 11) is 0. The number of amides is 1. The summed E-state index contributed by atoms with van der Waals surface area (Å²) in [5.41, 5.74) is 2.14. The van der Waals surface area contributed by atoms with E-state index in [0.717, 1.165) is 42.3 Å². The lowest BCUT2D eigenvalue weighted by Crippen LogP contribution is -2.46. The zero-order chi connectivity index (χ0) is 17.8. The molecule has 2 atom stereocenters. The van der Waals surface area contributed by atoms with Gasteiger partial charge in [0.15, 0.2) is 6.61 Å². The number of hydrogen-bond acceptors (Lipinski definition) is 2. The van der Waals surface area contributed by atoms with Crippen LogP contribution < -0.4 is 4.74 Å². The highest BCUT2D eigenvalue weighted by atomic mass is 16.5. The van der Waals surface area contributed by atoms with Crippen LogP contribution in [0.4, 0.5) is 0 Å². The van der Waals surface area contributed by atoms with Crippen molar-refractivity contribution in [1.82, 2.24) is 4.90 Å². The third-order valence-corrected chi connectivity index (χ3v) is 5.97. The standard InChI is InChI=1S/C23H27NO2/c25-23(24-15-14-18-8-4-5-11-20(18)16-24)17-26-22-13-7-6-12-21(22)19-9-2-1-3-10-19/h1-3,6-7,9-10,12-13,18,20H,4-5,8,11,14-17H2/t18-,20+/m1/s1. The van der Waals surface area contributed by atoms with Crippen molar-refractivity contribution in [2.45, 2.75) is 32.1 Å². The number of carbonyl (C=O) groups is 1. The molecule has 2 aromatic carbocycles. The smallest absolute Gasteiger partial charge is 0.260 e. The molecule has 2 fully saturated rings. The van der Waals surface area contributed by atoms with Crippen molar-refractivity contribution >= 4 is 5.91 Å². The number of likely N-dealkylation sites (tertiary alicyclic amines) is 1. The number of hydrogen-bond donors (Lipinski definition) is 0. The van der Waals surface area contributed by atoms with E-state index in [1.807, 2.05) is 47.4 Å². The lowest BCUT2D eigenvalue weighted by molar-refractivity contribution is -0.136. The molecule has 0 spiro atoms. The molecule has 136 valence electrons. The molecule has 2 aromatic rings. The third-order valence-electron chi connectivity index (χ3n) is 5.97. The second-order valence-electron chi connectivity index (χ2n) is 7.58. The van der Waals surface area contributed by atoms with Gasteiger partial charge in [-0.1, -0.05) is 67.8 Å². The zero-order valence-corrected chi connectivity index (χ0v) is 15.3. The first-order valence-electron chi connectivity index (χ1n) is 9.86. The molecular formula is C23H27NO2. The Labute approximate surface area is 156 Å². The molecule has 3 heteroatoms. The number of piperidine rings is 1. The van der Waals surface area contributed by atoms with Gasteiger partial charge in [0.05, 0.1) is 0 Å². The van der Waals surface area contributed by atoms with Crippen LogP contribution >= 0.6 is 0 Å². The van der Waals surface area contributed by atoms with E-state index in [2.05, 4.69) is 12.1 Å². The first-order valence-corrected chi connectivity index (χ1v) is 9.86. The topological polar surface area (TPSA) is 29.5 Å². The van der Waals surface area contributed by atoms with Crippen LogP contribution in [0.5, 0.6) is 5.75 Å². The second kappa shape index (κ2) is 7.94. The predicted molar refractivity (Wildman–Crippen MR) is 104 cm³/mol. The maximum atomic E-state index is 12.7. The van der Waals surface area contributed by atoms with Crippen molar-refractivity contribution in [3.8, 4) is 16.9 Å². The fraction of sp³-hybridized carbons (Fsp3) is 0.435. The van der Waals surface area contributed by atoms with E-state index >= 15 is 0 Å². The minimum Gasteiger partial charge on any atom is -0.483 e. The Morgan fingerprint density at radius 2 is 1.65 bits per heavy atom. The van der Waals surface area contributed by atoms with Gasteiger partial charge >= 0.3 is 0 Å². The van der Waals surface area contributed by atoms with Crippen LogP contribution in [0.1, 0.15) is 32.1 Å². The summed E-state index contributed by atoms with van der Waals surface area (Å²) < 4.78 is 5.95. The maximum absolute atomic E-state index is 12.7. The highest BCUT2D eigenvalue weighted by molar-refractivity contribution is 5.78. The Balaban J connectivity index is 1.39. The quantitative estimate of drug-likeness (QED) is 0.796. The third kappa shape index (κ3) is 3.77. The molecule has 0 unspecified atom stereocenters. The van der Waals surface area contributed by atoms with Gasteiger partial charge in [0.1, 0.15) is 5.75 Å². The van der Waals surface area contributed by atoms with Gasteiger partial charge in [0, 0.05) is 18.7 Å². The van der Waals surface area contributed by atoms with Gasteiger partial charge in [-0.3, -0.25) is 4.79 Å². The Bertz CT molecular complexity index is 743. The summed E-state index contributed by atoms with van der Waals surface area (Å²) in [6.45, 7) is 1.94. The minimum absolute atomic E-state index is 0.122. The Morgan fingerprint density at radius 3 is 2.50 bits per heavy atom. The molecule has 0 aromatic heterocycles. The van der Waals surface area contributed by atoms with Crippen LogP contribution in [0.3, 0.4) is 0 Å². The molecule has 0 N–H and O–H groups in total. The number of ether oxygens (including phenoxy) is 1. The van der Waals surface area contributed by atoms with Gasteiger partial charge in [-0.05, 0) is 36.3 Å². The molecule has 3 nitrogen and oxygen atoms in total. The van der Waals surface area contributed by atoms with Crippen molar-refractivity contribution in [2.75, 3.05) is 19.7 Å². The van der Waals surface area contributed by atoms with E-state index in [1.165, 1.54) is 25.7 Å². The van der Waals surface area contributed by atoms with Crippen LogP contribution in [0.25, 0.3) is 11.1 Å². The van der Waals surface area contributed by atoms with Crippen LogP contribution in [-0.4, -0.2) is 30.5 Å². The number of carbonyl (C=O) groups excluding carboxylic acids is 1. The Hall–Kier alpha value is -2.29. The van der Waals surface area contributed by atoms with Crippen LogP contribution in [0.15, 0.2) is 54.6 Å². The highest BCUT2D eigenvalue weighted by Gasteiger charge is 2.32. The molecule has 1 saturated heterocycles. The van der Waals surface area contributed by atoms with Crippen LogP contribution in [0.2, 0.25) is 0 Å². The number of benzene rings is 2. The van der Waals surface area contributed by atoms with E-state index in [9.17, 15) is 4.79 Å². The SMILES string of the molecule is O=C(COc1ccccc1-c1ccccc1)N1CC[C@H]2CCCC[C@H]2C1. The van der Waals surface area contributed by atoms with Crippen LogP contribution in [-0.2, 0) is 4.79 Å². The van der Waals surface area contributed by atoms with Gasteiger partial charge in [-0.2, -0.15) is 0 Å². The molecule has 2 aliphatic rings. The zero-order valence-electron chi connectivity index (χ0n) is 15.3. The Kier molecular flexibility index (Phi) is 5.24. The number of rotatable bonds is 4. The van der Waals surface area contributed by atoms with Gasteiger partial charge in [0.25, 0.3) is 5.91 Å². The molecule has 1 saturated carbocycles. The first kappa shape index (κ1) is 17.1. The summed E-state index contributed by atoms with van der Waals surface area (Å²) in [6, 6.07) is 18.1. The number of nitrogens with zero attached hydrogens (tertiary/aromatic N) is 1. The molecule has 4 rings (SSSR count). The molecule has 1 aliphatic carbocycles. The van der Waals surface area contributed by atoms with Crippen molar-refractivity contribution in [1.29, 1.82) is 0 Å². The largest absolute Gasteiger partial charge is 0.483 e. The van der Waals surface area contributed by atoms with Crippen molar-refractivity contribution in [3.63, 3.8) is 0 Å².